The molecule has 6 heteroatoms. The predicted octanol–water partition coefficient (Wildman–Crippen LogP) is 1.77. The van der Waals surface area contributed by atoms with E-state index in [0.29, 0.717) is 5.92 Å². The third kappa shape index (κ3) is 2.92. The van der Waals surface area contributed by atoms with Gasteiger partial charge in [0.2, 0.25) is 5.91 Å². The zero-order valence-corrected chi connectivity index (χ0v) is 14.5. The zero-order chi connectivity index (χ0) is 15.7. The molecule has 0 spiro atoms. The van der Waals surface area contributed by atoms with Crippen molar-refractivity contribution in [2.75, 3.05) is 39.9 Å². The molecule has 0 aliphatic carbocycles. The number of hydrogen-bond acceptors (Lipinski definition) is 5. The molecule has 22 heavy (non-hydrogen) atoms. The molecule has 3 rings (SSSR count). The summed E-state index contributed by atoms with van der Waals surface area (Å²) >= 11 is 1.74. The molecule has 0 saturated carbocycles. The van der Waals surface area contributed by atoms with Gasteiger partial charge in [-0.15, -0.1) is 11.3 Å². The fourth-order valence-corrected chi connectivity index (χ4v) is 4.76. The molecule has 0 unspecified atom stereocenters. The highest BCUT2D eigenvalue weighted by molar-refractivity contribution is 7.09. The Morgan fingerprint density at radius 2 is 2.36 bits per heavy atom. The molecular formula is C16H25N3O2S. The summed E-state index contributed by atoms with van der Waals surface area (Å²) in [5, 5.41) is 0. The van der Waals surface area contributed by atoms with Crippen LogP contribution in [-0.2, 0) is 16.1 Å². The first kappa shape index (κ1) is 15.9. The normalized spacial score (nSPS) is 28.9. The number of rotatable bonds is 4. The Hall–Kier alpha value is -0.980. The predicted molar refractivity (Wildman–Crippen MR) is 86.8 cm³/mol. The maximum absolute atomic E-state index is 11.8. The number of aryl methyl sites for hydroxylation is 1. The molecule has 1 amide bonds. The van der Waals surface area contributed by atoms with E-state index in [1.807, 2.05) is 10.4 Å². The maximum Gasteiger partial charge on any atom is 0.219 e. The Bertz CT molecular complexity index is 547. The summed E-state index contributed by atoms with van der Waals surface area (Å²) in [5.41, 5.74) is 3.23. The molecule has 3 heterocycles. The van der Waals surface area contributed by atoms with Crippen molar-refractivity contribution in [2.45, 2.75) is 26.8 Å². The van der Waals surface area contributed by atoms with Crippen molar-refractivity contribution in [3.63, 3.8) is 0 Å². The second-order valence-corrected chi connectivity index (χ2v) is 7.68. The Kier molecular flexibility index (Phi) is 4.52. The molecule has 2 aliphatic heterocycles. The molecule has 2 saturated heterocycles. The van der Waals surface area contributed by atoms with Gasteiger partial charge in [0.25, 0.3) is 0 Å². The monoisotopic (exact) mass is 323 g/mol. The van der Waals surface area contributed by atoms with E-state index >= 15 is 0 Å². The second kappa shape index (κ2) is 6.26. The number of nitrogens with zero attached hydrogens (tertiary/aromatic N) is 3. The zero-order valence-electron chi connectivity index (χ0n) is 13.7. The van der Waals surface area contributed by atoms with Crippen LogP contribution in [0.25, 0.3) is 0 Å². The maximum atomic E-state index is 11.8. The number of hydrogen-bond donors (Lipinski definition) is 0. The second-order valence-electron chi connectivity index (χ2n) is 6.74. The summed E-state index contributed by atoms with van der Waals surface area (Å²) in [7, 11) is 1.77. The number of aromatic nitrogens is 1. The van der Waals surface area contributed by atoms with Crippen molar-refractivity contribution < 1.29 is 9.53 Å². The number of amides is 1. The fraction of sp³-hybridized carbons (Fsp3) is 0.750. The Morgan fingerprint density at radius 3 is 3.00 bits per heavy atom. The molecular weight excluding hydrogens is 298 g/mol. The van der Waals surface area contributed by atoms with Gasteiger partial charge in [0.15, 0.2) is 0 Å². The van der Waals surface area contributed by atoms with E-state index in [4.69, 9.17) is 4.74 Å². The molecule has 2 atom stereocenters. The van der Waals surface area contributed by atoms with Crippen molar-refractivity contribution in [1.82, 2.24) is 14.8 Å². The van der Waals surface area contributed by atoms with Crippen LogP contribution >= 0.6 is 11.3 Å². The molecule has 2 fully saturated rings. The lowest BCUT2D eigenvalue weighted by Crippen LogP contribution is -2.48. The molecule has 0 radical (unpaired) electrons. The van der Waals surface area contributed by atoms with Gasteiger partial charge in [0.05, 0.1) is 17.8 Å². The number of ether oxygens (including phenoxy) is 1. The number of fused-ring (bicyclic) bond motifs is 1. The van der Waals surface area contributed by atoms with Crippen LogP contribution in [-0.4, -0.2) is 60.6 Å². The fourth-order valence-electron chi connectivity index (χ4n) is 3.94. The van der Waals surface area contributed by atoms with E-state index in [1.54, 1.807) is 25.4 Å². The Labute approximate surface area is 136 Å². The smallest absolute Gasteiger partial charge is 0.219 e. The Balaban J connectivity index is 1.70. The SMILES string of the molecule is COC[C@@]12CCN(Cc3scnc3C)C[C@@H]1CN(C(C)=O)C2. The third-order valence-corrected chi connectivity index (χ3v) is 6.23. The largest absolute Gasteiger partial charge is 0.384 e. The van der Waals surface area contributed by atoms with E-state index in [0.717, 1.165) is 51.4 Å². The van der Waals surface area contributed by atoms with Gasteiger partial charge in [-0.2, -0.15) is 0 Å². The van der Waals surface area contributed by atoms with Gasteiger partial charge in [-0.25, -0.2) is 4.98 Å². The van der Waals surface area contributed by atoms with E-state index in [1.165, 1.54) is 4.88 Å². The number of methoxy groups -OCH3 is 1. The number of thiazole rings is 1. The van der Waals surface area contributed by atoms with Crippen molar-refractivity contribution in [2.24, 2.45) is 11.3 Å². The Morgan fingerprint density at radius 1 is 1.55 bits per heavy atom. The third-order valence-electron chi connectivity index (χ3n) is 5.31. The van der Waals surface area contributed by atoms with E-state index in [-0.39, 0.29) is 11.3 Å². The number of piperidine rings is 1. The van der Waals surface area contributed by atoms with Crippen LogP contribution in [0, 0.1) is 18.3 Å². The molecule has 2 aliphatic rings. The van der Waals surface area contributed by atoms with Crippen molar-refractivity contribution >= 4 is 17.2 Å². The summed E-state index contributed by atoms with van der Waals surface area (Å²) in [6, 6.07) is 0. The molecule has 0 aromatic carbocycles. The minimum Gasteiger partial charge on any atom is -0.384 e. The lowest BCUT2D eigenvalue weighted by atomic mass is 9.73. The van der Waals surface area contributed by atoms with Gasteiger partial charge < -0.3 is 9.64 Å². The lowest BCUT2D eigenvalue weighted by molar-refractivity contribution is -0.128. The first-order chi connectivity index (χ1) is 10.5. The van der Waals surface area contributed by atoms with Crippen LogP contribution in [0.3, 0.4) is 0 Å². The van der Waals surface area contributed by atoms with Crippen LogP contribution in [0.15, 0.2) is 5.51 Å². The summed E-state index contributed by atoms with van der Waals surface area (Å²) in [5.74, 6) is 0.702. The van der Waals surface area contributed by atoms with Gasteiger partial charge in [-0.3, -0.25) is 9.69 Å². The van der Waals surface area contributed by atoms with Crippen LogP contribution in [0.1, 0.15) is 23.9 Å². The number of carbonyl (C=O) groups excluding carboxylic acids is 1. The van der Waals surface area contributed by atoms with Gasteiger partial charge >= 0.3 is 0 Å². The summed E-state index contributed by atoms with van der Waals surface area (Å²) in [4.78, 5) is 22.0. The van der Waals surface area contributed by atoms with Crippen molar-refractivity contribution in [3.05, 3.63) is 16.1 Å². The first-order valence-corrected chi connectivity index (χ1v) is 8.78. The topological polar surface area (TPSA) is 45.7 Å². The molecule has 122 valence electrons. The van der Waals surface area contributed by atoms with E-state index < -0.39 is 0 Å². The highest BCUT2D eigenvalue weighted by Gasteiger charge is 2.50. The highest BCUT2D eigenvalue weighted by atomic mass is 32.1. The standard InChI is InChI=1S/C16H25N3O2S/c1-12-15(22-11-17-12)8-18-5-4-16(10-21-3)9-19(13(2)20)7-14(16)6-18/h11,14H,4-10H2,1-3H3/t14-,16+/m1/s1. The molecule has 5 nitrogen and oxygen atoms in total. The van der Waals surface area contributed by atoms with Crippen molar-refractivity contribution in [3.8, 4) is 0 Å². The van der Waals surface area contributed by atoms with Crippen LogP contribution in [0.4, 0.5) is 0 Å². The minimum absolute atomic E-state index is 0.152. The van der Waals surface area contributed by atoms with E-state index in [9.17, 15) is 4.79 Å². The van der Waals surface area contributed by atoms with Crippen LogP contribution < -0.4 is 0 Å². The molecule has 1 aromatic rings. The summed E-state index contributed by atoms with van der Waals surface area (Å²) in [6.45, 7) is 9.35. The van der Waals surface area contributed by atoms with Gasteiger partial charge in [0.1, 0.15) is 0 Å². The van der Waals surface area contributed by atoms with Gasteiger partial charge in [-0.1, -0.05) is 0 Å². The van der Waals surface area contributed by atoms with Crippen LogP contribution in [0.2, 0.25) is 0 Å². The highest BCUT2D eigenvalue weighted by Crippen LogP contribution is 2.43. The van der Waals surface area contributed by atoms with Gasteiger partial charge in [-0.05, 0) is 25.8 Å². The number of likely N-dealkylation sites (tertiary alicyclic amines) is 2. The summed E-state index contributed by atoms with van der Waals surface area (Å²) in [6.07, 6.45) is 1.10. The molecule has 0 bridgehead atoms. The first-order valence-electron chi connectivity index (χ1n) is 7.90. The minimum atomic E-state index is 0.152. The van der Waals surface area contributed by atoms with Gasteiger partial charge in [0, 0.05) is 50.5 Å². The van der Waals surface area contributed by atoms with Crippen LogP contribution in [0.5, 0.6) is 0 Å². The quantitative estimate of drug-likeness (QED) is 0.847. The van der Waals surface area contributed by atoms with Crippen molar-refractivity contribution in [1.29, 1.82) is 0 Å². The molecule has 1 aromatic heterocycles. The van der Waals surface area contributed by atoms with E-state index in [2.05, 4.69) is 16.8 Å². The summed E-state index contributed by atoms with van der Waals surface area (Å²) < 4.78 is 5.51. The lowest BCUT2D eigenvalue weighted by Gasteiger charge is -2.42. The average Bonchev–Trinajstić information content (AvgIpc) is 3.04. The average molecular weight is 323 g/mol. The molecule has 0 N–H and O–H groups in total. The number of carbonyl (C=O) groups is 1.